The molecule has 26 heavy (non-hydrogen) atoms. The van der Waals surface area contributed by atoms with Crippen molar-refractivity contribution < 1.29 is 17.6 Å². The van der Waals surface area contributed by atoms with E-state index in [-0.39, 0.29) is 23.1 Å². The number of nitrogens with two attached hydrogens (primary N) is 1. The van der Waals surface area contributed by atoms with Crippen LogP contribution < -0.4 is 10.5 Å². The lowest BCUT2D eigenvalue weighted by atomic mass is 10.2. The summed E-state index contributed by atoms with van der Waals surface area (Å²) in [7, 11) is -3.69. The first-order chi connectivity index (χ1) is 12.4. The summed E-state index contributed by atoms with van der Waals surface area (Å²) in [5.41, 5.74) is 0.992. The van der Waals surface area contributed by atoms with Gasteiger partial charge in [0.25, 0.3) is 0 Å². The van der Waals surface area contributed by atoms with Gasteiger partial charge in [-0.05, 0) is 24.3 Å². The molecule has 6 nitrogen and oxygen atoms in total. The molecule has 2 heterocycles. The van der Waals surface area contributed by atoms with Gasteiger partial charge in [-0.3, -0.25) is 4.79 Å². The predicted octanol–water partition coefficient (Wildman–Crippen LogP) is 2.90. The number of carbonyl (C=O) groups is 1. The molecule has 2 aromatic heterocycles. The van der Waals surface area contributed by atoms with E-state index in [1.165, 1.54) is 6.07 Å². The van der Waals surface area contributed by atoms with Gasteiger partial charge >= 0.3 is 0 Å². The van der Waals surface area contributed by atoms with E-state index in [0.717, 1.165) is 33.3 Å². The van der Waals surface area contributed by atoms with Crippen LogP contribution in [-0.4, -0.2) is 14.3 Å². The Balaban J connectivity index is 1.49. The second-order valence-electron chi connectivity index (χ2n) is 5.67. The minimum absolute atomic E-state index is 0.0887. The highest BCUT2D eigenvalue weighted by Crippen LogP contribution is 2.22. The topological polar surface area (TPSA) is 102 Å². The van der Waals surface area contributed by atoms with Gasteiger partial charge in [0.1, 0.15) is 15.7 Å². The van der Waals surface area contributed by atoms with E-state index in [9.17, 15) is 13.2 Å². The molecular weight excluding hydrogens is 372 g/mol. The van der Waals surface area contributed by atoms with E-state index < -0.39 is 10.0 Å². The molecule has 0 spiro atoms. The Bertz CT molecular complexity index is 991. The van der Waals surface area contributed by atoms with E-state index in [1.54, 1.807) is 6.07 Å². The lowest BCUT2D eigenvalue weighted by Gasteiger charge is -2.02. The summed E-state index contributed by atoms with van der Waals surface area (Å²) in [6.45, 7) is 0.270. The minimum Gasteiger partial charge on any atom is -0.461 e. The molecule has 0 bridgehead atoms. The summed E-state index contributed by atoms with van der Waals surface area (Å²) in [6, 6.07) is 16.6. The number of primary sulfonamides is 1. The first-order valence-electron chi connectivity index (χ1n) is 7.94. The quantitative estimate of drug-likeness (QED) is 0.647. The van der Waals surface area contributed by atoms with Crippen molar-refractivity contribution >= 4 is 27.3 Å². The van der Waals surface area contributed by atoms with Crippen LogP contribution in [0.4, 0.5) is 0 Å². The third-order valence-electron chi connectivity index (χ3n) is 3.70. The van der Waals surface area contributed by atoms with Crippen LogP contribution in [0.15, 0.2) is 63.2 Å². The SMILES string of the molecule is NS(=O)(=O)c1ccc(CNC(=O)CCc2ccc(-c3ccccc3)o2)s1. The lowest BCUT2D eigenvalue weighted by molar-refractivity contribution is -0.121. The Kier molecular flexibility index (Phi) is 5.55. The zero-order valence-electron chi connectivity index (χ0n) is 13.8. The van der Waals surface area contributed by atoms with Crippen molar-refractivity contribution in [2.45, 2.75) is 23.6 Å². The molecule has 0 unspecified atom stereocenters. The maximum atomic E-state index is 12.0. The van der Waals surface area contributed by atoms with E-state index >= 15 is 0 Å². The molecule has 3 rings (SSSR count). The normalized spacial score (nSPS) is 11.4. The molecule has 0 aliphatic heterocycles. The van der Waals surface area contributed by atoms with Crippen LogP contribution in [0.5, 0.6) is 0 Å². The van der Waals surface area contributed by atoms with Crippen LogP contribution in [0.1, 0.15) is 17.1 Å². The van der Waals surface area contributed by atoms with Gasteiger partial charge in [-0.2, -0.15) is 0 Å². The highest BCUT2D eigenvalue weighted by Gasteiger charge is 2.12. The Morgan fingerprint density at radius 1 is 1.08 bits per heavy atom. The molecule has 1 amide bonds. The zero-order chi connectivity index (χ0) is 18.6. The largest absolute Gasteiger partial charge is 0.461 e. The van der Waals surface area contributed by atoms with Crippen LogP contribution in [0.3, 0.4) is 0 Å². The fourth-order valence-electron chi connectivity index (χ4n) is 2.39. The maximum Gasteiger partial charge on any atom is 0.247 e. The number of thiophene rings is 1. The summed E-state index contributed by atoms with van der Waals surface area (Å²) in [6.07, 6.45) is 0.778. The minimum atomic E-state index is -3.69. The van der Waals surface area contributed by atoms with Crippen molar-refractivity contribution in [3.8, 4) is 11.3 Å². The van der Waals surface area contributed by atoms with Gasteiger partial charge in [-0.15, -0.1) is 11.3 Å². The molecule has 0 aliphatic carbocycles. The standard InChI is InChI=1S/C18H18N2O4S2/c19-26(22,23)18-11-8-15(25-18)12-20-17(21)10-7-14-6-9-16(24-14)13-4-2-1-3-5-13/h1-6,8-9,11H,7,10,12H2,(H,20,21)(H2,19,22,23). The Hall–Kier alpha value is -2.42. The van der Waals surface area contributed by atoms with Crippen molar-refractivity contribution in [2.75, 3.05) is 0 Å². The van der Waals surface area contributed by atoms with E-state index in [0.29, 0.717) is 6.42 Å². The molecule has 0 fully saturated rings. The second-order valence-corrected chi connectivity index (χ2v) is 8.63. The number of carbonyl (C=O) groups excluding carboxylic acids is 1. The summed E-state index contributed by atoms with van der Waals surface area (Å²) in [4.78, 5) is 12.7. The average molecular weight is 390 g/mol. The van der Waals surface area contributed by atoms with Crippen molar-refractivity contribution in [2.24, 2.45) is 5.14 Å². The number of benzene rings is 1. The van der Waals surface area contributed by atoms with Crippen LogP contribution in [0.2, 0.25) is 0 Å². The fraction of sp³-hybridized carbons (Fsp3) is 0.167. The number of amides is 1. The number of hydrogen-bond acceptors (Lipinski definition) is 5. The van der Waals surface area contributed by atoms with Crippen molar-refractivity contribution in [3.63, 3.8) is 0 Å². The highest BCUT2D eigenvalue weighted by atomic mass is 32.2. The van der Waals surface area contributed by atoms with Gasteiger partial charge in [0, 0.05) is 23.3 Å². The van der Waals surface area contributed by atoms with Crippen LogP contribution in [0, 0.1) is 0 Å². The number of furan rings is 1. The van der Waals surface area contributed by atoms with Crippen LogP contribution in [0.25, 0.3) is 11.3 Å². The second kappa shape index (κ2) is 7.86. The molecule has 0 radical (unpaired) electrons. The summed E-state index contributed by atoms with van der Waals surface area (Å²) in [5.74, 6) is 1.38. The summed E-state index contributed by atoms with van der Waals surface area (Å²) >= 11 is 1.05. The number of rotatable bonds is 7. The van der Waals surface area contributed by atoms with Crippen molar-refractivity contribution in [1.29, 1.82) is 0 Å². The first kappa shape index (κ1) is 18.4. The van der Waals surface area contributed by atoms with E-state index in [4.69, 9.17) is 9.56 Å². The van der Waals surface area contributed by atoms with Gasteiger partial charge in [0.15, 0.2) is 0 Å². The Morgan fingerprint density at radius 2 is 1.85 bits per heavy atom. The Labute approximate surface area is 155 Å². The summed E-state index contributed by atoms with van der Waals surface area (Å²) in [5, 5.41) is 7.83. The molecule has 3 aromatic rings. The van der Waals surface area contributed by atoms with Gasteiger partial charge in [-0.1, -0.05) is 30.3 Å². The number of sulfonamides is 1. The number of hydrogen-bond donors (Lipinski definition) is 2. The third kappa shape index (κ3) is 4.81. The maximum absolute atomic E-state index is 12.0. The third-order valence-corrected chi connectivity index (χ3v) is 6.22. The molecule has 8 heteroatoms. The van der Waals surface area contributed by atoms with Gasteiger partial charge in [-0.25, -0.2) is 13.6 Å². The average Bonchev–Trinajstić information content (AvgIpc) is 3.28. The van der Waals surface area contributed by atoms with E-state index in [1.807, 2.05) is 42.5 Å². The number of aryl methyl sites for hydroxylation is 1. The Morgan fingerprint density at radius 3 is 2.54 bits per heavy atom. The zero-order valence-corrected chi connectivity index (χ0v) is 15.5. The van der Waals surface area contributed by atoms with E-state index in [2.05, 4.69) is 5.32 Å². The van der Waals surface area contributed by atoms with Crippen LogP contribution >= 0.6 is 11.3 Å². The van der Waals surface area contributed by atoms with Gasteiger partial charge in [0.2, 0.25) is 15.9 Å². The molecule has 136 valence electrons. The number of nitrogens with one attached hydrogen (secondary N) is 1. The molecule has 0 saturated carbocycles. The first-order valence-corrected chi connectivity index (χ1v) is 10.3. The molecule has 0 saturated heterocycles. The monoisotopic (exact) mass is 390 g/mol. The molecule has 0 atom stereocenters. The summed E-state index contributed by atoms with van der Waals surface area (Å²) < 4.78 is 28.3. The lowest BCUT2D eigenvalue weighted by Crippen LogP contribution is -2.22. The molecular formula is C18H18N2O4S2. The van der Waals surface area contributed by atoms with Gasteiger partial charge < -0.3 is 9.73 Å². The molecule has 3 N–H and O–H groups in total. The highest BCUT2D eigenvalue weighted by molar-refractivity contribution is 7.91. The smallest absolute Gasteiger partial charge is 0.247 e. The van der Waals surface area contributed by atoms with Crippen molar-refractivity contribution in [1.82, 2.24) is 5.32 Å². The predicted molar refractivity (Wildman–Crippen MR) is 100 cm³/mol. The molecule has 0 aliphatic rings. The fourth-order valence-corrected chi connectivity index (χ4v) is 4.11. The van der Waals surface area contributed by atoms with Crippen molar-refractivity contribution in [3.05, 3.63) is 65.2 Å². The van der Waals surface area contributed by atoms with Gasteiger partial charge in [0.05, 0.1) is 6.54 Å². The molecule has 1 aromatic carbocycles. The van der Waals surface area contributed by atoms with Crippen LogP contribution in [-0.2, 0) is 27.8 Å².